The van der Waals surface area contributed by atoms with Gasteiger partial charge >= 0.3 is 0 Å². The Labute approximate surface area is 124 Å². The summed E-state index contributed by atoms with van der Waals surface area (Å²) in [6.45, 7) is 5.96. The Morgan fingerprint density at radius 3 is 2.70 bits per heavy atom. The van der Waals surface area contributed by atoms with Crippen LogP contribution in [0.4, 0.5) is 0 Å². The fraction of sp³-hybridized carbons (Fsp3) is 0.375. The highest BCUT2D eigenvalue weighted by Gasteiger charge is 2.03. The predicted octanol–water partition coefficient (Wildman–Crippen LogP) is 4.15. The van der Waals surface area contributed by atoms with Crippen molar-refractivity contribution in [3.05, 3.63) is 58.5 Å². The molecule has 0 amide bonds. The molecule has 3 nitrogen and oxygen atoms in total. The summed E-state index contributed by atoms with van der Waals surface area (Å²) in [5, 5.41) is 4.04. The third-order valence-electron chi connectivity index (χ3n) is 2.80. The maximum absolute atomic E-state index is 5.92. The summed E-state index contributed by atoms with van der Waals surface area (Å²) >= 11 is 5.92. The van der Waals surface area contributed by atoms with Crippen molar-refractivity contribution in [1.29, 1.82) is 0 Å². The van der Waals surface area contributed by atoms with Gasteiger partial charge in [-0.2, -0.15) is 0 Å². The number of furan rings is 1. The van der Waals surface area contributed by atoms with Crippen LogP contribution < -0.4 is 5.32 Å². The zero-order valence-corrected chi connectivity index (χ0v) is 12.6. The molecule has 1 aromatic carbocycles. The first-order valence-corrected chi connectivity index (χ1v) is 7.14. The van der Waals surface area contributed by atoms with E-state index >= 15 is 0 Å². The van der Waals surface area contributed by atoms with E-state index in [-0.39, 0.29) is 0 Å². The predicted molar refractivity (Wildman–Crippen MR) is 80.6 cm³/mol. The molecule has 4 heteroatoms. The van der Waals surface area contributed by atoms with Crippen LogP contribution in [-0.2, 0) is 24.5 Å². The summed E-state index contributed by atoms with van der Waals surface area (Å²) in [6.07, 6.45) is 0. The van der Waals surface area contributed by atoms with Crippen LogP contribution in [0.1, 0.15) is 30.9 Å². The van der Waals surface area contributed by atoms with Gasteiger partial charge in [0.05, 0.1) is 13.2 Å². The van der Waals surface area contributed by atoms with Gasteiger partial charge in [-0.25, -0.2) is 0 Å². The number of hydrogen-bond donors (Lipinski definition) is 1. The second-order valence-electron chi connectivity index (χ2n) is 5.03. The van der Waals surface area contributed by atoms with Gasteiger partial charge in [-0.15, -0.1) is 0 Å². The highest BCUT2D eigenvalue weighted by atomic mass is 35.5. The molecule has 0 saturated carbocycles. The molecule has 0 aliphatic heterocycles. The monoisotopic (exact) mass is 293 g/mol. The minimum Gasteiger partial charge on any atom is -0.462 e. The molecule has 20 heavy (non-hydrogen) atoms. The molecule has 0 aliphatic carbocycles. The van der Waals surface area contributed by atoms with Crippen molar-refractivity contribution in [1.82, 2.24) is 5.32 Å². The van der Waals surface area contributed by atoms with Gasteiger partial charge in [0, 0.05) is 11.1 Å². The molecule has 0 fully saturated rings. The molecule has 0 unspecified atom stereocenters. The van der Waals surface area contributed by atoms with E-state index in [4.69, 9.17) is 20.8 Å². The van der Waals surface area contributed by atoms with E-state index < -0.39 is 0 Å². The molecule has 108 valence electrons. The standard InChI is InChI=1S/C16H20ClNO2/c1-12(2)18-9-15-6-7-16(20-15)11-19-10-13-4-3-5-14(17)8-13/h3-8,12,18H,9-11H2,1-2H3. The lowest BCUT2D eigenvalue weighted by atomic mass is 10.2. The SMILES string of the molecule is CC(C)NCc1ccc(COCc2cccc(Cl)c2)o1. The summed E-state index contributed by atoms with van der Waals surface area (Å²) in [5.74, 6) is 1.77. The molecule has 1 N–H and O–H groups in total. The van der Waals surface area contributed by atoms with Gasteiger partial charge in [0.15, 0.2) is 0 Å². The summed E-state index contributed by atoms with van der Waals surface area (Å²) in [7, 11) is 0. The molecule has 0 atom stereocenters. The van der Waals surface area contributed by atoms with Crippen LogP contribution in [-0.4, -0.2) is 6.04 Å². The lowest BCUT2D eigenvalue weighted by molar-refractivity contribution is 0.0919. The van der Waals surface area contributed by atoms with Crippen LogP contribution in [0.25, 0.3) is 0 Å². The van der Waals surface area contributed by atoms with Crippen molar-refractivity contribution in [2.45, 2.75) is 39.6 Å². The quantitative estimate of drug-likeness (QED) is 0.833. The van der Waals surface area contributed by atoms with Gasteiger partial charge in [-0.05, 0) is 29.8 Å². The number of hydrogen-bond acceptors (Lipinski definition) is 3. The minimum absolute atomic E-state index is 0.447. The first-order chi connectivity index (χ1) is 9.63. The summed E-state index contributed by atoms with van der Waals surface area (Å²) in [6, 6.07) is 12.0. The number of halogens is 1. The number of benzene rings is 1. The third-order valence-corrected chi connectivity index (χ3v) is 3.04. The van der Waals surface area contributed by atoms with E-state index in [9.17, 15) is 0 Å². The fourth-order valence-corrected chi connectivity index (χ4v) is 2.01. The highest BCUT2D eigenvalue weighted by molar-refractivity contribution is 6.30. The van der Waals surface area contributed by atoms with Gasteiger partial charge in [0.1, 0.15) is 18.1 Å². The average Bonchev–Trinajstić information content (AvgIpc) is 2.84. The van der Waals surface area contributed by atoms with Gasteiger partial charge in [0.2, 0.25) is 0 Å². The zero-order chi connectivity index (χ0) is 14.4. The average molecular weight is 294 g/mol. The molecular weight excluding hydrogens is 274 g/mol. The molecule has 0 radical (unpaired) electrons. The van der Waals surface area contributed by atoms with Crippen LogP contribution in [0.5, 0.6) is 0 Å². The van der Waals surface area contributed by atoms with Crippen molar-refractivity contribution in [2.24, 2.45) is 0 Å². The third kappa shape index (κ3) is 5.00. The van der Waals surface area contributed by atoms with E-state index in [1.54, 1.807) is 0 Å². The second kappa shape index (κ2) is 7.48. The second-order valence-corrected chi connectivity index (χ2v) is 5.46. The Bertz CT molecular complexity index is 537. The van der Waals surface area contributed by atoms with Crippen LogP contribution in [0.3, 0.4) is 0 Å². The van der Waals surface area contributed by atoms with Crippen LogP contribution in [0.2, 0.25) is 5.02 Å². The lowest BCUT2D eigenvalue weighted by Crippen LogP contribution is -2.21. The summed E-state index contributed by atoms with van der Waals surface area (Å²) in [4.78, 5) is 0. The van der Waals surface area contributed by atoms with Gasteiger partial charge < -0.3 is 14.5 Å². The Hall–Kier alpha value is -1.29. The molecule has 2 rings (SSSR count). The van der Waals surface area contributed by atoms with Crippen molar-refractivity contribution in [3.63, 3.8) is 0 Å². The molecule has 0 bridgehead atoms. The summed E-state index contributed by atoms with van der Waals surface area (Å²) in [5.41, 5.74) is 1.06. The first-order valence-electron chi connectivity index (χ1n) is 6.76. The molecule has 1 aromatic heterocycles. The van der Waals surface area contributed by atoms with E-state index in [0.29, 0.717) is 19.3 Å². The minimum atomic E-state index is 0.447. The number of rotatable bonds is 7. The molecular formula is C16H20ClNO2. The van der Waals surface area contributed by atoms with Gasteiger partial charge in [-0.1, -0.05) is 37.6 Å². The number of nitrogens with one attached hydrogen (secondary N) is 1. The molecule has 1 heterocycles. The molecule has 2 aromatic rings. The molecule has 0 saturated heterocycles. The topological polar surface area (TPSA) is 34.4 Å². The Balaban J connectivity index is 1.77. The Kier molecular flexibility index (Phi) is 5.65. The maximum atomic E-state index is 5.92. The summed E-state index contributed by atoms with van der Waals surface area (Å²) < 4.78 is 11.3. The zero-order valence-electron chi connectivity index (χ0n) is 11.9. The van der Waals surface area contributed by atoms with Crippen molar-refractivity contribution in [3.8, 4) is 0 Å². The van der Waals surface area contributed by atoms with Gasteiger partial charge in [0.25, 0.3) is 0 Å². The first kappa shape index (κ1) is 15.1. The highest BCUT2D eigenvalue weighted by Crippen LogP contribution is 2.13. The molecule has 0 spiro atoms. The van der Waals surface area contributed by atoms with Gasteiger partial charge in [-0.3, -0.25) is 0 Å². The molecule has 0 aliphatic rings. The Morgan fingerprint density at radius 2 is 1.95 bits per heavy atom. The van der Waals surface area contributed by atoms with E-state index in [0.717, 1.165) is 28.7 Å². The van der Waals surface area contributed by atoms with E-state index in [2.05, 4.69) is 19.2 Å². The number of ether oxygens (including phenoxy) is 1. The van der Waals surface area contributed by atoms with E-state index in [1.807, 2.05) is 36.4 Å². The maximum Gasteiger partial charge on any atom is 0.129 e. The van der Waals surface area contributed by atoms with Crippen LogP contribution >= 0.6 is 11.6 Å². The van der Waals surface area contributed by atoms with Crippen LogP contribution in [0, 0.1) is 0 Å². The Morgan fingerprint density at radius 1 is 1.15 bits per heavy atom. The lowest BCUT2D eigenvalue weighted by Gasteiger charge is -2.05. The largest absolute Gasteiger partial charge is 0.462 e. The van der Waals surface area contributed by atoms with Crippen molar-refractivity contribution < 1.29 is 9.15 Å². The van der Waals surface area contributed by atoms with Crippen LogP contribution in [0.15, 0.2) is 40.8 Å². The normalized spacial score (nSPS) is 11.2. The fourth-order valence-electron chi connectivity index (χ4n) is 1.80. The smallest absolute Gasteiger partial charge is 0.129 e. The van der Waals surface area contributed by atoms with Crippen molar-refractivity contribution in [2.75, 3.05) is 0 Å². The van der Waals surface area contributed by atoms with E-state index in [1.165, 1.54) is 0 Å². The van der Waals surface area contributed by atoms with Crippen molar-refractivity contribution >= 4 is 11.6 Å².